The van der Waals surface area contributed by atoms with Crippen molar-refractivity contribution in [1.29, 1.82) is 0 Å². The number of rotatable bonds is 8. The number of morpholine rings is 1. The van der Waals surface area contributed by atoms with Gasteiger partial charge in [-0.3, -0.25) is 9.69 Å². The van der Waals surface area contributed by atoms with E-state index in [-0.39, 0.29) is 11.7 Å². The van der Waals surface area contributed by atoms with Crippen LogP contribution in [0.4, 0.5) is 4.39 Å². The van der Waals surface area contributed by atoms with Gasteiger partial charge in [0.05, 0.1) is 26.3 Å². The number of aromatic nitrogens is 2. The molecule has 8 heteroatoms. The first-order valence-electron chi connectivity index (χ1n) is 10.7. The Labute approximate surface area is 192 Å². The predicted octanol–water partition coefficient (Wildman–Crippen LogP) is 3.70. The summed E-state index contributed by atoms with van der Waals surface area (Å²) in [5, 5.41) is 0.585. The fourth-order valence-electron chi connectivity index (χ4n) is 3.73. The van der Waals surface area contributed by atoms with Crippen molar-refractivity contribution in [2.24, 2.45) is 0 Å². The molecule has 6 nitrogen and oxygen atoms in total. The third kappa shape index (κ3) is 5.73. The van der Waals surface area contributed by atoms with E-state index in [1.807, 2.05) is 16.8 Å². The molecule has 168 valence electrons. The molecule has 1 aliphatic rings. The standard InChI is InChI=1S/C24H26ClFN4O2/c25-21-7-5-19(6-8-21)24(31)30(12-11-28-13-15-32-16-14-28)18-23-27-9-10-29(23)17-20-3-1-2-4-22(20)26/h1-10H,11-18H2. The van der Waals surface area contributed by atoms with Gasteiger partial charge in [0.15, 0.2) is 0 Å². The SMILES string of the molecule is O=C(c1ccc(Cl)cc1)N(CCN1CCOCC1)Cc1nccn1Cc1ccccc1F. The van der Waals surface area contributed by atoms with Gasteiger partial charge in [0, 0.05) is 54.7 Å². The Bertz CT molecular complexity index is 1030. The van der Waals surface area contributed by atoms with E-state index in [2.05, 4.69) is 9.88 Å². The first-order chi connectivity index (χ1) is 15.6. The van der Waals surface area contributed by atoms with Crippen LogP contribution in [0.1, 0.15) is 21.7 Å². The minimum atomic E-state index is -0.256. The predicted molar refractivity (Wildman–Crippen MR) is 121 cm³/mol. The number of carbonyl (C=O) groups is 1. The number of carbonyl (C=O) groups excluding carboxylic acids is 1. The lowest BCUT2D eigenvalue weighted by atomic mass is 10.2. The van der Waals surface area contributed by atoms with Crippen molar-refractivity contribution in [2.45, 2.75) is 13.1 Å². The highest BCUT2D eigenvalue weighted by atomic mass is 35.5. The highest BCUT2D eigenvalue weighted by Gasteiger charge is 2.20. The summed E-state index contributed by atoms with van der Waals surface area (Å²) in [5.74, 6) is 0.362. The molecular formula is C24H26ClFN4O2. The Kier molecular flexibility index (Phi) is 7.52. The van der Waals surface area contributed by atoms with Crippen LogP contribution in [0.25, 0.3) is 0 Å². The zero-order valence-corrected chi connectivity index (χ0v) is 18.5. The number of amides is 1. The smallest absolute Gasteiger partial charge is 0.254 e. The number of halogens is 2. The zero-order valence-electron chi connectivity index (χ0n) is 17.8. The molecule has 4 rings (SSSR count). The molecular weight excluding hydrogens is 431 g/mol. The highest BCUT2D eigenvalue weighted by Crippen LogP contribution is 2.15. The number of hydrogen-bond acceptors (Lipinski definition) is 4. The van der Waals surface area contributed by atoms with Crippen molar-refractivity contribution in [3.05, 3.63) is 88.7 Å². The Morgan fingerprint density at radius 3 is 2.62 bits per heavy atom. The summed E-state index contributed by atoms with van der Waals surface area (Å²) in [7, 11) is 0. The molecule has 0 bridgehead atoms. The van der Waals surface area contributed by atoms with Crippen molar-refractivity contribution >= 4 is 17.5 Å². The van der Waals surface area contributed by atoms with Gasteiger partial charge in [-0.2, -0.15) is 0 Å². The van der Waals surface area contributed by atoms with Crippen molar-refractivity contribution in [3.8, 4) is 0 Å². The minimum absolute atomic E-state index is 0.0876. The number of imidazole rings is 1. The molecule has 1 aromatic heterocycles. The maximum absolute atomic E-state index is 14.2. The summed E-state index contributed by atoms with van der Waals surface area (Å²) in [6.45, 7) is 5.10. The molecule has 32 heavy (non-hydrogen) atoms. The van der Waals surface area contributed by atoms with Crippen LogP contribution in [0.15, 0.2) is 60.9 Å². The summed E-state index contributed by atoms with van der Waals surface area (Å²) in [6, 6.07) is 13.6. The number of hydrogen-bond donors (Lipinski definition) is 0. The van der Waals surface area contributed by atoms with Gasteiger partial charge in [0.2, 0.25) is 0 Å². The monoisotopic (exact) mass is 456 g/mol. The number of benzene rings is 2. The fraction of sp³-hybridized carbons (Fsp3) is 0.333. The van der Waals surface area contributed by atoms with Gasteiger partial charge in [0.1, 0.15) is 11.6 Å². The molecule has 0 radical (unpaired) electrons. The molecule has 0 aliphatic carbocycles. The second-order valence-corrected chi connectivity index (χ2v) is 8.19. The summed E-state index contributed by atoms with van der Waals surface area (Å²) in [6.07, 6.45) is 3.50. The van der Waals surface area contributed by atoms with Crippen LogP contribution < -0.4 is 0 Å². The molecule has 1 amide bonds. The lowest BCUT2D eigenvalue weighted by Crippen LogP contribution is -2.43. The van der Waals surface area contributed by atoms with Gasteiger partial charge >= 0.3 is 0 Å². The maximum atomic E-state index is 14.2. The van der Waals surface area contributed by atoms with E-state index in [1.165, 1.54) is 6.07 Å². The highest BCUT2D eigenvalue weighted by molar-refractivity contribution is 6.30. The van der Waals surface area contributed by atoms with E-state index < -0.39 is 0 Å². The van der Waals surface area contributed by atoms with Crippen molar-refractivity contribution in [3.63, 3.8) is 0 Å². The molecule has 1 saturated heterocycles. The molecule has 3 aromatic rings. The van der Waals surface area contributed by atoms with Crippen LogP contribution in [0.5, 0.6) is 0 Å². The Morgan fingerprint density at radius 1 is 1.12 bits per heavy atom. The van der Waals surface area contributed by atoms with Crippen LogP contribution in [0, 0.1) is 5.82 Å². The van der Waals surface area contributed by atoms with Crippen molar-refractivity contribution in [2.75, 3.05) is 39.4 Å². The molecule has 1 fully saturated rings. The normalized spacial score (nSPS) is 14.4. The van der Waals surface area contributed by atoms with Gasteiger partial charge in [0.25, 0.3) is 5.91 Å². The van der Waals surface area contributed by atoms with Gasteiger partial charge in [-0.15, -0.1) is 0 Å². The van der Waals surface area contributed by atoms with Gasteiger partial charge in [-0.25, -0.2) is 9.37 Å². The van der Waals surface area contributed by atoms with Gasteiger partial charge in [-0.1, -0.05) is 29.8 Å². The molecule has 0 atom stereocenters. The van der Waals surface area contributed by atoms with E-state index in [9.17, 15) is 9.18 Å². The number of nitrogens with zero attached hydrogens (tertiary/aromatic N) is 4. The summed E-state index contributed by atoms with van der Waals surface area (Å²) < 4.78 is 21.5. The lowest BCUT2D eigenvalue weighted by Gasteiger charge is -2.30. The average Bonchev–Trinajstić information content (AvgIpc) is 3.25. The summed E-state index contributed by atoms with van der Waals surface area (Å²) in [4.78, 5) is 21.9. The zero-order chi connectivity index (χ0) is 22.3. The van der Waals surface area contributed by atoms with Crippen LogP contribution in [0.2, 0.25) is 5.02 Å². The second-order valence-electron chi connectivity index (χ2n) is 7.75. The molecule has 2 heterocycles. The molecule has 0 spiro atoms. The van der Waals surface area contributed by atoms with E-state index in [1.54, 1.807) is 47.5 Å². The van der Waals surface area contributed by atoms with Crippen molar-refractivity contribution in [1.82, 2.24) is 19.4 Å². The summed E-state index contributed by atoms with van der Waals surface area (Å²) >= 11 is 6.00. The topological polar surface area (TPSA) is 50.6 Å². The lowest BCUT2D eigenvalue weighted by molar-refractivity contribution is 0.0318. The van der Waals surface area contributed by atoms with Crippen LogP contribution in [-0.2, 0) is 17.8 Å². The third-order valence-electron chi connectivity index (χ3n) is 5.60. The molecule has 2 aromatic carbocycles. The van der Waals surface area contributed by atoms with Gasteiger partial charge < -0.3 is 14.2 Å². The molecule has 1 aliphatic heterocycles. The average molecular weight is 457 g/mol. The molecule has 0 N–H and O–H groups in total. The van der Waals surface area contributed by atoms with E-state index in [4.69, 9.17) is 16.3 Å². The fourth-order valence-corrected chi connectivity index (χ4v) is 3.86. The van der Waals surface area contributed by atoms with Crippen LogP contribution in [-0.4, -0.2) is 64.7 Å². The van der Waals surface area contributed by atoms with E-state index in [0.29, 0.717) is 54.8 Å². The Hall–Kier alpha value is -2.74. The third-order valence-corrected chi connectivity index (χ3v) is 5.85. The van der Waals surface area contributed by atoms with Crippen molar-refractivity contribution < 1.29 is 13.9 Å². The quantitative estimate of drug-likeness (QED) is 0.518. The van der Waals surface area contributed by atoms with Gasteiger partial charge in [-0.05, 0) is 30.3 Å². The van der Waals surface area contributed by atoms with E-state index in [0.717, 1.165) is 19.6 Å². The largest absolute Gasteiger partial charge is 0.379 e. The minimum Gasteiger partial charge on any atom is -0.379 e. The van der Waals surface area contributed by atoms with Crippen LogP contribution >= 0.6 is 11.6 Å². The Balaban J connectivity index is 1.52. The second kappa shape index (κ2) is 10.7. The Morgan fingerprint density at radius 2 is 1.88 bits per heavy atom. The van der Waals surface area contributed by atoms with Crippen LogP contribution in [0.3, 0.4) is 0 Å². The molecule has 0 saturated carbocycles. The first-order valence-corrected chi connectivity index (χ1v) is 11.1. The van der Waals surface area contributed by atoms with E-state index >= 15 is 0 Å². The number of ether oxygens (including phenoxy) is 1. The first kappa shape index (κ1) is 22.5. The molecule has 0 unspecified atom stereocenters. The summed E-state index contributed by atoms with van der Waals surface area (Å²) in [5.41, 5.74) is 1.15. The maximum Gasteiger partial charge on any atom is 0.254 e.